The molecule has 2 bridgehead atoms. The molecule has 0 spiro atoms. The van der Waals surface area contributed by atoms with Crippen molar-refractivity contribution in [3.8, 4) is 45.6 Å². The first kappa shape index (κ1) is 35.0. The van der Waals surface area contributed by atoms with Gasteiger partial charge in [0.05, 0.1) is 31.8 Å². The molecule has 3 aromatic rings. The van der Waals surface area contributed by atoms with Crippen molar-refractivity contribution in [2.24, 2.45) is 0 Å². The molecule has 16 nitrogen and oxygen atoms in total. The number of methoxy groups -OCH3 is 1. The summed E-state index contributed by atoms with van der Waals surface area (Å²) in [5, 5.41) is 72.3. The molecule has 0 radical (unpaired) electrons. The van der Waals surface area contributed by atoms with E-state index in [4.69, 9.17) is 28.4 Å². The van der Waals surface area contributed by atoms with E-state index in [0.29, 0.717) is 46.2 Å². The molecule has 9 unspecified atom stereocenters. The van der Waals surface area contributed by atoms with Crippen LogP contribution in [-0.2, 0) is 9.53 Å². The lowest BCUT2D eigenvalue weighted by Crippen LogP contribution is -2.87. The molecule has 0 amide bonds. The fourth-order valence-electron chi connectivity index (χ4n) is 7.42. The molecule has 0 aliphatic carbocycles. The number of carboxylic acid groups (broad SMARTS) is 1. The van der Waals surface area contributed by atoms with E-state index in [2.05, 4.69) is 16.0 Å². The van der Waals surface area contributed by atoms with E-state index in [0.717, 1.165) is 5.56 Å². The van der Waals surface area contributed by atoms with E-state index in [-0.39, 0.29) is 37.3 Å². The Bertz CT molecular complexity index is 1810. The smallest absolute Gasteiger partial charge is 0.340 e. The summed E-state index contributed by atoms with van der Waals surface area (Å²) < 4.78 is 36.6. The van der Waals surface area contributed by atoms with Gasteiger partial charge < -0.3 is 64.4 Å². The van der Waals surface area contributed by atoms with Crippen LogP contribution in [0, 0.1) is 0 Å². The molecule has 7 rings (SSSR count). The number of hydrogen-bond acceptors (Lipinski definition) is 15. The van der Waals surface area contributed by atoms with E-state index >= 15 is 0 Å². The summed E-state index contributed by atoms with van der Waals surface area (Å²) in [7, 11) is 3.00. The fourth-order valence-corrected chi connectivity index (χ4v) is 7.42. The highest BCUT2D eigenvalue weighted by Crippen LogP contribution is 2.58. The summed E-state index contributed by atoms with van der Waals surface area (Å²) in [5.74, 6) is -0.130. The topological polar surface area (TPSA) is 230 Å². The number of phenolic OH excluding ortho intramolecular Hbond substituents is 1. The van der Waals surface area contributed by atoms with Crippen molar-refractivity contribution in [1.82, 2.24) is 16.0 Å². The van der Waals surface area contributed by atoms with Crippen LogP contribution in [0.4, 0.5) is 0 Å². The van der Waals surface area contributed by atoms with Crippen LogP contribution in [0.2, 0.25) is 0 Å². The number of benzene rings is 3. The Hall–Kier alpha value is -4.39. The molecular formula is C35H41N3O13. The third kappa shape index (κ3) is 5.68. The lowest BCUT2D eigenvalue weighted by atomic mass is 9.74. The number of fused-ring (bicyclic) bond motifs is 7. The highest BCUT2D eigenvalue weighted by atomic mass is 16.7. The maximum absolute atomic E-state index is 12.6. The number of aliphatic carboxylic acids is 1. The van der Waals surface area contributed by atoms with Crippen LogP contribution in [0.5, 0.6) is 34.5 Å². The van der Waals surface area contributed by atoms with Gasteiger partial charge in [-0.1, -0.05) is 18.2 Å². The first-order valence-corrected chi connectivity index (χ1v) is 16.5. The number of nitrogens with one attached hydrogen (secondary N) is 3. The van der Waals surface area contributed by atoms with Gasteiger partial charge in [0.15, 0.2) is 23.3 Å². The van der Waals surface area contributed by atoms with E-state index in [1.54, 1.807) is 43.3 Å². The van der Waals surface area contributed by atoms with Gasteiger partial charge in [-0.15, -0.1) is 0 Å². The van der Waals surface area contributed by atoms with Crippen molar-refractivity contribution >= 4 is 5.97 Å². The van der Waals surface area contributed by atoms with Gasteiger partial charge in [-0.3, -0.25) is 10.6 Å². The van der Waals surface area contributed by atoms with Gasteiger partial charge in [-0.2, -0.15) is 0 Å². The Kier molecular flexibility index (Phi) is 9.14. The number of likely N-dealkylation sites (N-methyl/N-ethyl adjacent to an activating group) is 1. The zero-order chi connectivity index (χ0) is 36.2. The number of ether oxygens (including phenoxy) is 6. The van der Waals surface area contributed by atoms with Gasteiger partial charge in [0.25, 0.3) is 0 Å². The number of aliphatic hydroxyl groups is 4. The van der Waals surface area contributed by atoms with Crippen molar-refractivity contribution in [3.63, 3.8) is 0 Å². The standard InChI is InChI=1S/C35H41N3O13/c1-16(39)12-37-15-48-23-8-7-20-22-14-47-24-11-19(49-31-30(41)35(45)32(42)34(51-31,33(43)44)25(36-2)13-38-35)10-21(17-5-4-6-18(40)9-17)26(24)27(22)50-28(20)29(23)46-3/h4-11,16,22,25,27,30-32,36-42,45H,12-15H2,1-3H3,(H,43,44). The first-order valence-electron chi connectivity index (χ1n) is 16.5. The third-order valence-corrected chi connectivity index (χ3v) is 9.95. The monoisotopic (exact) mass is 711 g/mol. The van der Waals surface area contributed by atoms with Crippen LogP contribution in [0.1, 0.15) is 30.1 Å². The van der Waals surface area contributed by atoms with E-state index < -0.39 is 54.0 Å². The van der Waals surface area contributed by atoms with E-state index in [1.165, 1.54) is 20.2 Å². The number of piperidine rings is 1. The second-order valence-corrected chi connectivity index (χ2v) is 13.1. The van der Waals surface area contributed by atoms with Crippen LogP contribution in [-0.4, -0.2) is 119 Å². The molecule has 9 atom stereocenters. The third-order valence-electron chi connectivity index (χ3n) is 9.95. The lowest BCUT2D eigenvalue weighted by Gasteiger charge is -2.58. The number of carbonyl (C=O) groups is 1. The van der Waals surface area contributed by atoms with Gasteiger partial charge >= 0.3 is 5.97 Å². The van der Waals surface area contributed by atoms with E-state index in [9.17, 15) is 35.4 Å². The van der Waals surface area contributed by atoms with Gasteiger partial charge in [-0.05, 0) is 49.4 Å². The van der Waals surface area contributed by atoms with Gasteiger partial charge in [0, 0.05) is 30.3 Å². The molecule has 0 saturated carbocycles. The maximum Gasteiger partial charge on any atom is 0.340 e. The second kappa shape index (κ2) is 13.3. The van der Waals surface area contributed by atoms with Crippen molar-refractivity contribution in [2.45, 2.75) is 60.9 Å². The van der Waals surface area contributed by atoms with Crippen LogP contribution < -0.4 is 39.6 Å². The second-order valence-electron chi connectivity index (χ2n) is 13.1. The predicted octanol–water partition coefficient (Wildman–Crippen LogP) is 0.144. The number of phenols is 1. The van der Waals surface area contributed by atoms with E-state index in [1.807, 2.05) is 6.07 Å². The number of aromatic hydroxyl groups is 1. The van der Waals surface area contributed by atoms with Crippen molar-refractivity contribution < 1.29 is 63.9 Å². The Labute approximate surface area is 292 Å². The normalized spacial score (nSPS) is 30.9. The van der Waals surface area contributed by atoms with Crippen LogP contribution >= 0.6 is 0 Å². The van der Waals surface area contributed by atoms with Crippen LogP contribution in [0.15, 0.2) is 48.5 Å². The molecule has 2 fully saturated rings. The SMILES string of the molecule is CNC1CNC2(O)C(O)C(Oc3cc4c(c(-c5cccc(O)c5)c3)C3Oc5c(ccc(OCNCC(C)O)c5OC)C3CO4)OC1(C(=O)O)C2O. The van der Waals surface area contributed by atoms with Crippen molar-refractivity contribution in [2.75, 3.05) is 40.6 Å². The van der Waals surface area contributed by atoms with Crippen molar-refractivity contribution in [3.05, 3.63) is 59.7 Å². The Balaban J connectivity index is 1.26. The lowest BCUT2D eigenvalue weighted by molar-refractivity contribution is -0.362. The molecule has 4 aliphatic heterocycles. The van der Waals surface area contributed by atoms with Gasteiger partial charge in [-0.25, -0.2) is 4.79 Å². The minimum atomic E-state index is -2.49. The summed E-state index contributed by atoms with van der Waals surface area (Å²) >= 11 is 0. The van der Waals surface area contributed by atoms with Crippen molar-refractivity contribution in [1.29, 1.82) is 0 Å². The zero-order valence-electron chi connectivity index (χ0n) is 28.0. The largest absolute Gasteiger partial charge is 0.508 e. The summed E-state index contributed by atoms with van der Waals surface area (Å²) in [6, 6.07) is 12.3. The predicted molar refractivity (Wildman–Crippen MR) is 177 cm³/mol. The quantitative estimate of drug-likeness (QED) is 0.0952. The summed E-state index contributed by atoms with van der Waals surface area (Å²) in [4.78, 5) is 12.6. The Morgan fingerprint density at radius 1 is 1.18 bits per heavy atom. The van der Waals surface area contributed by atoms with Crippen LogP contribution in [0.25, 0.3) is 11.1 Å². The Morgan fingerprint density at radius 3 is 2.69 bits per heavy atom. The molecule has 2 saturated heterocycles. The number of rotatable bonds is 11. The molecule has 16 heteroatoms. The first-order chi connectivity index (χ1) is 24.4. The molecule has 0 aromatic heterocycles. The van der Waals surface area contributed by atoms with Crippen LogP contribution in [0.3, 0.4) is 0 Å². The summed E-state index contributed by atoms with van der Waals surface area (Å²) in [6.45, 7) is 2.18. The van der Waals surface area contributed by atoms with Gasteiger partial charge in [0.2, 0.25) is 17.6 Å². The molecular weight excluding hydrogens is 670 g/mol. The average molecular weight is 712 g/mol. The molecule has 274 valence electrons. The summed E-state index contributed by atoms with van der Waals surface area (Å²) in [6.07, 6.45) is -6.90. The van der Waals surface area contributed by atoms with Gasteiger partial charge in [0.1, 0.15) is 36.2 Å². The maximum atomic E-state index is 12.6. The molecule has 3 aromatic carbocycles. The molecule has 51 heavy (non-hydrogen) atoms. The fraction of sp³-hybridized carbons (Fsp3) is 0.457. The zero-order valence-corrected chi connectivity index (χ0v) is 28.0. The number of aliphatic hydroxyl groups excluding tert-OH is 3. The highest BCUT2D eigenvalue weighted by molar-refractivity contribution is 5.81. The molecule has 4 aliphatic rings. The number of carboxylic acids is 1. The molecule has 4 heterocycles. The number of hydrogen-bond donors (Lipinski definition) is 9. The minimum absolute atomic E-state index is 0.00760. The summed E-state index contributed by atoms with van der Waals surface area (Å²) in [5.41, 5.74) is -2.32. The molecule has 9 N–H and O–H groups in total. The Morgan fingerprint density at radius 2 is 1.98 bits per heavy atom. The average Bonchev–Trinajstić information content (AvgIpc) is 3.49. The highest BCUT2D eigenvalue weighted by Gasteiger charge is 2.71. The minimum Gasteiger partial charge on any atom is -0.508 e.